The molecule has 0 aliphatic heterocycles. The molecule has 1 aliphatic rings. The molecular weight excluding hydrogens is 408 g/mol. The van der Waals surface area contributed by atoms with Crippen molar-refractivity contribution in [1.29, 1.82) is 0 Å². The number of benzene rings is 2. The molecule has 1 amide bonds. The predicted octanol–water partition coefficient (Wildman–Crippen LogP) is 4.16. The fourth-order valence-electron chi connectivity index (χ4n) is 3.79. The maximum Gasteiger partial charge on any atom is 0.230 e. The van der Waals surface area contributed by atoms with E-state index in [0.717, 1.165) is 29.5 Å². The first-order valence-electron chi connectivity index (χ1n) is 10.9. The first-order chi connectivity index (χ1) is 14.4. The number of rotatable bonds is 8. The van der Waals surface area contributed by atoms with Gasteiger partial charge in [-0.3, -0.25) is 4.79 Å². The van der Waals surface area contributed by atoms with Crippen LogP contribution in [0.25, 0.3) is 0 Å². The van der Waals surface area contributed by atoms with Crippen LogP contribution in [0.1, 0.15) is 69.7 Å². The van der Waals surface area contributed by atoms with Crippen LogP contribution < -0.4 is 10.0 Å². The Morgan fingerprint density at radius 1 is 0.968 bits per heavy atom. The predicted molar refractivity (Wildman–Crippen MR) is 125 cm³/mol. The minimum atomic E-state index is -3.35. The molecule has 0 radical (unpaired) electrons. The molecule has 0 unspecified atom stereocenters. The maximum atomic E-state index is 12.9. The molecule has 0 atom stereocenters. The Bertz CT molecular complexity index is 1010. The van der Waals surface area contributed by atoms with E-state index in [0.29, 0.717) is 6.54 Å². The highest BCUT2D eigenvalue weighted by Gasteiger charge is 2.51. The summed E-state index contributed by atoms with van der Waals surface area (Å²) in [7, 11) is -3.35. The molecular formula is C25H34N2O3S. The minimum absolute atomic E-state index is 0.0501. The number of nitrogens with one attached hydrogen (secondary N) is 2. The van der Waals surface area contributed by atoms with E-state index < -0.39 is 15.4 Å². The van der Waals surface area contributed by atoms with E-state index in [1.165, 1.54) is 5.56 Å². The Hall–Kier alpha value is -2.18. The molecule has 6 heteroatoms. The fraction of sp³-hybridized carbons (Fsp3) is 0.480. The SMILES string of the molecule is CC(C)NS(=O)(=O)Cc1ccc(CNC(=O)C2(c3ccc(C(C)(C)C)cc3)CC2)cc1. The molecule has 3 rings (SSSR count). The van der Waals surface area contributed by atoms with Gasteiger partial charge in [0.2, 0.25) is 15.9 Å². The third-order valence-corrected chi connectivity index (χ3v) is 7.28. The molecule has 1 fully saturated rings. The summed E-state index contributed by atoms with van der Waals surface area (Å²) >= 11 is 0. The lowest BCUT2D eigenvalue weighted by molar-refractivity contribution is -0.123. The van der Waals surface area contributed by atoms with Crippen molar-refractivity contribution in [3.63, 3.8) is 0 Å². The van der Waals surface area contributed by atoms with Gasteiger partial charge in [0.25, 0.3) is 0 Å². The van der Waals surface area contributed by atoms with Gasteiger partial charge in [0, 0.05) is 12.6 Å². The Kier molecular flexibility index (Phi) is 6.63. The van der Waals surface area contributed by atoms with Gasteiger partial charge in [-0.05, 0) is 54.4 Å². The molecule has 0 bridgehead atoms. The highest BCUT2D eigenvalue weighted by Crippen LogP contribution is 2.48. The van der Waals surface area contributed by atoms with E-state index in [4.69, 9.17) is 0 Å². The quantitative estimate of drug-likeness (QED) is 0.645. The van der Waals surface area contributed by atoms with Crippen LogP contribution in [0.4, 0.5) is 0 Å². The number of carbonyl (C=O) groups is 1. The van der Waals surface area contributed by atoms with Crippen LogP contribution in [0.5, 0.6) is 0 Å². The van der Waals surface area contributed by atoms with E-state index in [9.17, 15) is 13.2 Å². The topological polar surface area (TPSA) is 75.3 Å². The standard InChI is InChI=1S/C25H34N2O3S/c1-18(2)27-31(29,30)17-20-8-6-19(7-9-20)16-26-23(28)25(14-15-25)22-12-10-21(11-13-22)24(3,4)5/h6-13,18,27H,14-17H2,1-5H3,(H,26,28). The normalized spacial score (nSPS) is 15.7. The van der Waals surface area contributed by atoms with Gasteiger partial charge in [0.15, 0.2) is 0 Å². The second kappa shape index (κ2) is 8.75. The van der Waals surface area contributed by atoms with Crippen molar-refractivity contribution in [1.82, 2.24) is 10.0 Å². The lowest BCUT2D eigenvalue weighted by Gasteiger charge is -2.21. The molecule has 0 spiro atoms. The Morgan fingerprint density at radius 3 is 2.00 bits per heavy atom. The molecule has 5 nitrogen and oxygen atoms in total. The van der Waals surface area contributed by atoms with Crippen LogP contribution in [0, 0.1) is 0 Å². The Balaban J connectivity index is 1.59. The van der Waals surface area contributed by atoms with Crippen LogP contribution in [0.3, 0.4) is 0 Å². The first kappa shape index (κ1) is 23.5. The molecule has 1 aliphatic carbocycles. The monoisotopic (exact) mass is 442 g/mol. The minimum Gasteiger partial charge on any atom is -0.351 e. The summed E-state index contributed by atoms with van der Waals surface area (Å²) < 4.78 is 26.7. The van der Waals surface area contributed by atoms with Gasteiger partial charge in [-0.1, -0.05) is 69.3 Å². The van der Waals surface area contributed by atoms with E-state index in [-0.39, 0.29) is 23.1 Å². The molecule has 2 N–H and O–H groups in total. The van der Waals surface area contributed by atoms with E-state index in [2.05, 4.69) is 55.1 Å². The molecule has 0 saturated heterocycles. The largest absolute Gasteiger partial charge is 0.351 e. The molecule has 0 aromatic heterocycles. The van der Waals surface area contributed by atoms with Crippen molar-refractivity contribution in [2.45, 2.75) is 76.6 Å². The van der Waals surface area contributed by atoms with E-state index in [1.807, 2.05) is 12.1 Å². The summed E-state index contributed by atoms with van der Waals surface area (Å²) in [6.07, 6.45) is 1.74. The maximum absolute atomic E-state index is 12.9. The van der Waals surface area contributed by atoms with E-state index in [1.54, 1.807) is 26.0 Å². The van der Waals surface area contributed by atoms with Gasteiger partial charge in [-0.2, -0.15) is 0 Å². The van der Waals surface area contributed by atoms with E-state index >= 15 is 0 Å². The number of amides is 1. The van der Waals surface area contributed by atoms with Gasteiger partial charge in [0.1, 0.15) is 0 Å². The van der Waals surface area contributed by atoms with Gasteiger partial charge >= 0.3 is 0 Å². The zero-order valence-electron chi connectivity index (χ0n) is 19.2. The van der Waals surface area contributed by atoms with Gasteiger partial charge in [-0.15, -0.1) is 0 Å². The summed E-state index contributed by atoms with van der Waals surface area (Å²) in [6.45, 7) is 10.6. The second-order valence-corrected chi connectivity index (χ2v) is 11.7. The number of hydrogen-bond donors (Lipinski definition) is 2. The smallest absolute Gasteiger partial charge is 0.230 e. The zero-order chi connectivity index (χ0) is 22.9. The summed E-state index contributed by atoms with van der Waals surface area (Å²) in [4.78, 5) is 12.9. The van der Waals surface area contributed by atoms with Crippen LogP contribution >= 0.6 is 0 Å². The fourth-order valence-corrected chi connectivity index (χ4v) is 5.22. The van der Waals surface area contributed by atoms with Gasteiger partial charge in [0.05, 0.1) is 11.2 Å². The van der Waals surface area contributed by atoms with Gasteiger partial charge < -0.3 is 5.32 Å². The lowest BCUT2D eigenvalue weighted by Crippen LogP contribution is -2.34. The number of hydrogen-bond acceptors (Lipinski definition) is 3. The van der Waals surface area contributed by atoms with Crippen molar-refractivity contribution in [2.75, 3.05) is 0 Å². The first-order valence-corrected chi connectivity index (χ1v) is 12.5. The highest BCUT2D eigenvalue weighted by molar-refractivity contribution is 7.88. The molecule has 0 heterocycles. The van der Waals surface area contributed by atoms with Crippen molar-refractivity contribution in [3.8, 4) is 0 Å². The van der Waals surface area contributed by atoms with Crippen LogP contribution in [-0.4, -0.2) is 20.4 Å². The van der Waals surface area contributed by atoms with Gasteiger partial charge in [-0.25, -0.2) is 13.1 Å². The Labute approximate surface area is 186 Å². The summed E-state index contributed by atoms with van der Waals surface area (Å²) in [5, 5.41) is 3.07. The van der Waals surface area contributed by atoms with Crippen molar-refractivity contribution < 1.29 is 13.2 Å². The second-order valence-electron chi connectivity index (χ2n) is 9.94. The van der Waals surface area contributed by atoms with Crippen LogP contribution in [-0.2, 0) is 37.9 Å². The Morgan fingerprint density at radius 2 is 1.52 bits per heavy atom. The number of sulfonamides is 1. The molecule has 2 aromatic carbocycles. The number of carbonyl (C=O) groups excluding carboxylic acids is 1. The molecule has 168 valence electrons. The molecule has 1 saturated carbocycles. The zero-order valence-corrected chi connectivity index (χ0v) is 20.0. The molecule has 31 heavy (non-hydrogen) atoms. The van der Waals surface area contributed by atoms with Crippen molar-refractivity contribution >= 4 is 15.9 Å². The third kappa shape index (κ3) is 5.95. The summed E-state index contributed by atoms with van der Waals surface area (Å²) in [6, 6.07) is 15.7. The van der Waals surface area contributed by atoms with Crippen LogP contribution in [0.2, 0.25) is 0 Å². The van der Waals surface area contributed by atoms with Crippen molar-refractivity contribution in [2.24, 2.45) is 0 Å². The summed E-state index contributed by atoms with van der Waals surface area (Å²) in [5.41, 5.74) is 3.70. The molecule has 2 aromatic rings. The third-order valence-electron chi connectivity index (χ3n) is 5.74. The van der Waals surface area contributed by atoms with Crippen LogP contribution in [0.15, 0.2) is 48.5 Å². The van der Waals surface area contributed by atoms with Crippen molar-refractivity contribution in [3.05, 3.63) is 70.8 Å². The highest BCUT2D eigenvalue weighted by atomic mass is 32.2. The summed E-state index contributed by atoms with van der Waals surface area (Å²) in [5.74, 6) is 0.00896. The lowest BCUT2D eigenvalue weighted by atomic mass is 9.85. The average Bonchev–Trinajstić information content (AvgIpc) is 3.47. The average molecular weight is 443 g/mol.